The van der Waals surface area contributed by atoms with Gasteiger partial charge in [-0.05, 0) is 58.7 Å². The van der Waals surface area contributed by atoms with E-state index in [-0.39, 0.29) is 17.0 Å². The number of aromatic hydroxyl groups is 1. The Morgan fingerprint density at radius 2 is 1.91 bits per heavy atom. The molecule has 0 aromatic heterocycles. The molecule has 23 heavy (non-hydrogen) atoms. The van der Waals surface area contributed by atoms with E-state index < -0.39 is 11.9 Å². The Morgan fingerprint density at radius 1 is 1.22 bits per heavy atom. The van der Waals surface area contributed by atoms with Gasteiger partial charge in [0, 0.05) is 11.3 Å². The minimum atomic E-state index is -1.27. The summed E-state index contributed by atoms with van der Waals surface area (Å²) in [5, 5.41) is 21.4. The van der Waals surface area contributed by atoms with Crippen molar-refractivity contribution in [2.45, 2.75) is 6.92 Å². The number of hydrogen-bond donors (Lipinski definition) is 3. The van der Waals surface area contributed by atoms with Gasteiger partial charge in [-0.1, -0.05) is 0 Å². The van der Waals surface area contributed by atoms with Crippen molar-refractivity contribution in [2.75, 3.05) is 12.4 Å². The van der Waals surface area contributed by atoms with E-state index in [1.165, 1.54) is 19.2 Å². The van der Waals surface area contributed by atoms with Gasteiger partial charge < -0.3 is 20.3 Å². The molecule has 0 saturated carbocycles. The van der Waals surface area contributed by atoms with E-state index in [1.54, 1.807) is 25.1 Å². The molecule has 0 spiro atoms. The third kappa shape index (κ3) is 3.62. The predicted octanol–water partition coefficient (Wildman–Crippen LogP) is 3.42. The van der Waals surface area contributed by atoms with Crippen LogP contribution in [0.5, 0.6) is 11.5 Å². The Morgan fingerprint density at radius 3 is 2.48 bits per heavy atom. The number of ether oxygens (including phenoxy) is 1. The van der Waals surface area contributed by atoms with E-state index in [4.69, 9.17) is 9.84 Å². The van der Waals surface area contributed by atoms with Crippen molar-refractivity contribution >= 4 is 33.5 Å². The Balaban J connectivity index is 2.30. The van der Waals surface area contributed by atoms with Crippen LogP contribution in [-0.2, 0) is 0 Å². The number of carboxylic acid groups (broad SMARTS) is 1. The molecule has 0 aliphatic rings. The highest BCUT2D eigenvalue weighted by Gasteiger charge is 2.15. The number of carbonyl (C=O) groups excluding carboxylic acids is 1. The van der Waals surface area contributed by atoms with Crippen LogP contribution in [0.4, 0.5) is 5.69 Å². The zero-order chi connectivity index (χ0) is 17.1. The van der Waals surface area contributed by atoms with Gasteiger partial charge in [0.05, 0.1) is 11.6 Å². The summed E-state index contributed by atoms with van der Waals surface area (Å²) in [6, 6.07) is 7.53. The van der Waals surface area contributed by atoms with Gasteiger partial charge in [0.2, 0.25) is 0 Å². The number of amides is 1. The van der Waals surface area contributed by atoms with Gasteiger partial charge >= 0.3 is 5.97 Å². The highest BCUT2D eigenvalue weighted by atomic mass is 79.9. The Bertz CT molecular complexity index is 788. The molecule has 6 nitrogen and oxygen atoms in total. The first-order valence-electron chi connectivity index (χ1n) is 6.55. The molecule has 0 fully saturated rings. The largest absolute Gasteiger partial charge is 0.507 e. The number of anilines is 1. The van der Waals surface area contributed by atoms with E-state index in [9.17, 15) is 14.7 Å². The molecule has 0 atom stereocenters. The molecule has 1 amide bonds. The third-order valence-corrected chi connectivity index (χ3v) is 3.82. The van der Waals surface area contributed by atoms with Crippen molar-refractivity contribution in [3.63, 3.8) is 0 Å². The summed E-state index contributed by atoms with van der Waals surface area (Å²) in [5.74, 6) is -1.40. The summed E-state index contributed by atoms with van der Waals surface area (Å²) in [6.45, 7) is 1.56. The van der Waals surface area contributed by atoms with Gasteiger partial charge in [-0.3, -0.25) is 4.79 Å². The second-order valence-electron chi connectivity index (χ2n) is 4.80. The number of rotatable bonds is 4. The summed E-state index contributed by atoms with van der Waals surface area (Å²) < 4.78 is 5.72. The average Bonchev–Trinajstić information content (AvgIpc) is 2.50. The SMILES string of the molecule is COc1ccc(C(=O)Nc2cc(C)c(O)c(C(=O)O)c2)cc1Br. The summed E-state index contributed by atoms with van der Waals surface area (Å²) in [6.07, 6.45) is 0. The van der Waals surface area contributed by atoms with Gasteiger partial charge in [-0.15, -0.1) is 0 Å². The maximum atomic E-state index is 12.3. The summed E-state index contributed by atoms with van der Waals surface area (Å²) in [5.41, 5.74) is 0.752. The standard InChI is InChI=1S/C16H14BrNO5/c1-8-5-10(7-11(14(8)19)16(21)22)18-15(20)9-3-4-13(23-2)12(17)6-9/h3-7,19H,1-2H3,(H,18,20)(H,21,22). The van der Waals surface area contributed by atoms with Gasteiger partial charge in [0.15, 0.2) is 0 Å². The summed E-state index contributed by atoms with van der Waals surface area (Å²) >= 11 is 3.30. The van der Waals surface area contributed by atoms with Crippen molar-refractivity contribution in [3.05, 3.63) is 51.5 Å². The quantitative estimate of drug-likeness (QED) is 0.707. The molecular weight excluding hydrogens is 366 g/mol. The molecule has 7 heteroatoms. The van der Waals surface area contributed by atoms with Crippen LogP contribution >= 0.6 is 15.9 Å². The third-order valence-electron chi connectivity index (χ3n) is 3.20. The van der Waals surface area contributed by atoms with Crippen molar-refractivity contribution in [1.82, 2.24) is 0 Å². The first kappa shape index (κ1) is 16.8. The lowest BCUT2D eigenvalue weighted by Gasteiger charge is -2.10. The second kappa shape index (κ2) is 6.70. The van der Waals surface area contributed by atoms with Crippen molar-refractivity contribution in [3.8, 4) is 11.5 Å². The first-order valence-corrected chi connectivity index (χ1v) is 7.34. The molecule has 2 aromatic rings. The van der Waals surface area contributed by atoms with E-state index in [0.717, 1.165) is 0 Å². The molecule has 120 valence electrons. The van der Waals surface area contributed by atoms with Crippen LogP contribution in [0.15, 0.2) is 34.8 Å². The highest BCUT2D eigenvalue weighted by Crippen LogP contribution is 2.28. The molecule has 2 aromatic carbocycles. The Labute approximate surface area is 140 Å². The molecule has 2 rings (SSSR count). The fraction of sp³-hybridized carbons (Fsp3) is 0.125. The fourth-order valence-corrected chi connectivity index (χ4v) is 2.57. The monoisotopic (exact) mass is 379 g/mol. The van der Waals surface area contributed by atoms with Crippen LogP contribution in [0.1, 0.15) is 26.3 Å². The van der Waals surface area contributed by atoms with E-state index in [1.807, 2.05) is 0 Å². The Kier molecular flexibility index (Phi) is 4.90. The topological polar surface area (TPSA) is 95.9 Å². The zero-order valence-corrected chi connectivity index (χ0v) is 14.0. The molecule has 0 saturated heterocycles. The van der Waals surface area contributed by atoms with Gasteiger partial charge in [0.1, 0.15) is 17.1 Å². The van der Waals surface area contributed by atoms with Crippen LogP contribution < -0.4 is 10.1 Å². The number of benzene rings is 2. The smallest absolute Gasteiger partial charge is 0.339 e. The second-order valence-corrected chi connectivity index (χ2v) is 5.65. The van der Waals surface area contributed by atoms with E-state index >= 15 is 0 Å². The minimum absolute atomic E-state index is 0.267. The van der Waals surface area contributed by atoms with Crippen LogP contribution in [0, 0.1) is 6.92 Å². The molecule has 3 N–H and O–H groups in total. The van der Waals surface area contributed by atoms with Crippen LogP contribution in [0.2, 0.25) is 0 Å². The van der Waals surface area contributed by atoms with Crippen molar-refractivity contribution in [1.29, 1.82) is 0 Å². The number of phenols is 1. The predicted molar refractivity (Wildman–Crippen MR) is 88.5 cm³/mol. The van der Waals surface area contributed by atoms with E-state index in [2.05, 4.69) is 21.2 Å². The minimum Gasteiger partial charge on any atom is -0.507 e. The average molecular weight is 380 g/mol. The normalized spacial score (nSPS) is 10.2. The summed E-state index contributed by atoms with van der Waals surface area (Å²) in [7, 11) is 1.52. The lowest BCUT2D eigenvalue weighted by molar-refractivity contribution is 0.0693. The first-order chi connectivity index (χ1) is 10.8. The maximum Gasteiger partial charge on any atom is 0.339 e. The molecule has 0 unspecified atom stereocenters. The number of carbonyl (C=O) groups is 2. The zero-order valence-electron chi connectivity index (χ0n) is 12.4. The number of aryl methyl sites for hydroxylation is 1. The fourth-order valence-electron chi connectivity index (χ4n) is 2.03. The number of hydrogen-bond acceptors (Lipinski definition) is 4. The van der Waals surface area contributed by atoms with Crippen molar-refractivity contribution < 1.29 is 24.5 Å². The molecular formula is C16H14BrNO5. The maximum absolute atomic E-state index is 12.3. The van der Waals surface area contributed by atoms with Crippen LogP contribution in [0.3, 0.4) is 0 Å². The van der Waals surface area contributed by atoms with Crippen molar-refractivity contribution in [2.24, 2.45) is 0 Å². The Hall–Kier alpha value is -2.54. The van der Waals surface area contributed by atoms with Gasteiger partial charge in [-0.25, -0.2) is 4.79 Å². The number of halogens is 1. The number of nitrogens with one attached hydrogen (secondary N) is 1. The molecule has 0 aliphatic heterocycles. The lowest BCUT2D eigenvalue weighted by Crippen LogP contribution is -2.13. The number of carboxylic acids is 1. The van der Waals surface area contributed by atoms with Crippen LogP contribution in [-0.4, -0.2) is 29.2 Å². The van der Waals surface area contributed by atoms with E-state index in [0.29, 0.717) is 21.3 Å². The molecule has 0 heterocycles. The number of methoxy groups -OCH3 is 1. The molecule has 0 bridgehead atoms. The number of aromatic carboxylic acids is 1. The highest BCUT2D eigenvalue weighted by molar-refractivity contribution is 9.10. The van der Waals surface area contributed by atoms with Gasteiger partial charge in [0.25, 0.3) is 5.91 Å². The lowest BCUT2D eigenvalue weighted by atomic mass is 10.1. The molecule has 0 radical (unpaired) electrons. The summed E-state index contributed by atoms with van der Waals surface area (Å²) in [4.78, 5) is 23.4. The molecule has 0 aliphatic carbocycles. The van der Waals surface area contributed by atoms with Gasteiger partial charge in [-0.2, -0.15) is 0 Å². The van der Waals surface area contributed by atoms with Crippen LogP contribution in [0.25, 0.3) is 0 Å².